The predicted molar refractivity (Wildman–Crippen MR) is 104 cm³/mol. The SMILES string of the molecule is COc1ccc(Cl)cc1N(CCC(=O)NCc1cccc(C)c1)C(C)=O. The van der Waals surface area contributed by atoms with E-state index in [9.17, 15) is 9.59 Å². The number of nitrogens with zero attached hydrogens (tertiary/aromatic N) is 1. The molecule has 26 heavy (non-hydrogen) atoms. The Balaban J connectivity index is 1.99. The number of benzene rings is 2. The van der Waals surface area contributed by atoms with E-state index in [1.165, 1.54) is 18.9 Å². The summed E-state index contributed by atoms with van der Waals surface area (Å²) in [5.74, 6) is 0.223. The van der Waals surface area contributed by atoms with E-state index in [-0.39, 0.29) is 24.8 Å². The van der Waals surface area contributed by atoms with Gasteiger partial charge in [0.2, 0.25) is 11.8 Å². The van der Waals surface area contributed by atoms with E-state index in [0.29, 0.717) is 23.0 Å². The monoisotopic (exact) mass is 374 g/mol. The van der Waals surface area contributed by atoms with Crippen LogP contribution in [0.5, 0.6) is 5.75 Å². The Morgan fingerprint density at radius 2 is 1.96 bits per heavy atom. The number of ether oxygens (including phenoxy) is 1. The summed E-state index contributed by atoms with van der Waals surface area (Å²) >= 11 is 6.04. The van der Waals surface area contributed by atoms with Gasteiger partial charge in [0.25, 0.3) is 0 Å². The predicted octanol–water partition coefficient (Wildman–Crippen LogP) is 3.72. The summed E-state index contributed by atoms with van der Waals surface area (Å²) in [4.78, 5) is 25.7. The summed E-state index contributed by atoms with van der Waals surface area (Å²) in [5, 5.41) is 3.37. The van der Waals surface area contributed by atoms with Gasteiger partial charge in [0.1, 0.15) is 5.75 Å². The minimum Gasteiger partial charge on any atom is -0.495 e. The number of carbonyl (C=O) groups excluding carboxylic acids is 2. The van der Waals surface area contributed by atoms with Gasteiger partial charge in [0.15, 0.2) is 0 Å². The molecule has 0 aliphatic carbocycles. The van der Waals surface area contributed by atoms with Crippen molar-refractivity contribution in [3.63, 3.8) is 0 Å². The van der Waals surface area contributed by atoms with Crippen molar-refractivity contribution >= 4 is 29.1 Å². The van der Waals surface area contributed by atoms with Crippen LogP contribution in [-0.4, -0.2) is 25.5 Å². The molecule has 5 nitrogen and oxygen atoms in total. The molecule has 0 unspecified atom stereocenters. The van der Waals surface area contributed by atoms with Gasteiger partial charge >= 0.3 is 0 Å². The Morgan fingerprint density at radius 1 is 1.19 bits per heavy atom. The van der Waals surface area contributed by atoms with Crippen LogP contribution in [-0.2, 0) is 16.1 Å². The summed E-state index contributed by atoms with van der Waals surface area (Å²) in [6, 6.07) is 13.0. The number of carbonyl (C=O) groups is 2. The molecular weight excluding hydrogens is 352 g/mol. The van der Waals surface area contributed by atoms with Crippen LogP contribution in [0.1, 0.15) is 24.5 Å². The molecule has 0 radical (unpaired) electrons. The maximum Gasteiger partial charge on any atom is 0.223 e. The minimum absolute atomic E-state index is 0.126. The van der Waals surface area contributed by atoms with Crippen molar-refractivity contribution in [2.24, 2.45) is 0 Å². The molecule has 0 aliphatic heterocycles. The molecule has 0 saturated carbocycles. The molecule has 2 amide bonds. The van der Waals surface area contributed by atoms with E-state index in [1.807, 2.05) is 31.2 Å². The maximum atomic E-state index is 12.2. The second-order valence-corrected chi connectivity index (χ2v) is 6.44. The highest BCUT2D eigenvalue weighted by Gasteiger charge is 2.18. The first-order chi connectivity index (χ1) is 12.4. The first-order valence-electron chi connectivity index (χ1n) is 8.34. The van der Waals surface area contributed by atoms with Gasteiger partial charge < -0.3 is 15.0 Å². The summed E-state index contributed by atoms with van der Waals surface area (Å²) in [7, 11) is 1.53. The van der Waals surface area contributed by atoms with Gasteiger partial charge in [-0.25, -0.2) is 0 Å². The number of amides is 2. The molecule has 2 aromatic rings. The molecule has 138 valence electrons. The molecule has 0 saturated heterocycles. The van der Waals surface area contributed by atoms with E-state index < -0.39 is 0 Å². The van der Waals surface area contributed by atoms with E-state index in [1.54, 1.807) is 18.2 Å². The molecule has 1 N–H and O–H groups in total. The lowest BCUT2D eigenvalue weighted by atomic mass is 10.1. The normalized spacial score (nSPS) is 10.3. The lowest BCUT2D eigenvalue weighted by molar-refractivity contribution is -0.121. The Kier molecular flexibility index (Phi) is 7.04. The fourth-order valence-electron chi connectivity index (χ4n) is 2.65. The smallest absolute Gasteiger partial charge is 0.223 e. The Hall–Kier alpha value is -2.53. The molecule has 0 bridgehead atoms. The van der Waals surface area contributed by atoms with E-state index in [2.05, 4.69) is 5.32 Å². The summed E-state index contributed by atoms with van der Waals surface area (Å²) in [6.07, 6.45) is 0.182. The topological polar surface area (TPSA) is 58.6 Å². The highest BCUT2D eigenvalue weighted by atomic mass is 35.5. The average Bonchev–Trinajstić information content (AvgIpc) is 2.60. The van der Waals surface area contributed by atoms with Gasteiger partial charge in [-0.3, -0.25) is 9.59 Å². The van der Waals surface area contributed by atoms with Crippen LogP contribution in [0, 0.1) is 6.92 Å². The fraction of sp³-hybridized carbons (Fsp3) is 0.300. The Morgan fingerprint density at radius 3 is 2.62 bits per heavy atom. The van der Waals surface area contributed by atoms with Crippen molar-refractivity contribution < 1.29 is 14.3 Å². The molecule has 0 spiro atoms. The Labute approximate surface area is 158 Å². The molecular formula is C20H23ClN2O3. The van der Waals surface area contributed by atoms with Crippen LogP contribution in [0.2, 0.25) is 5.02 Å². The lowest BCUT2D eigenvalue weighted by Crippen LogP contribution is -2.34. The standard InChI is InChI=1S/C20H23ClN2O3/c1-14-5-4-6-16(11-14)13-22-20(25)9-10-23(15(2)24)18-12-17(21)7-8-19(18)26-3/h4-8,11-12H,9-10,13H2,1-3H3,(H,22,25). The Bertz CT molecular complexity index is 792. The maximum absolute atomic E-state index is 12.2. The third kappa shape index (κ3) is 5.49. The van der Waals surface area contributed by atoms with Gasteiger partial charge in [-0.2, -0.15) is 0 Å². The largest absolute Gasteiger partial charge is 0.495 e. The molecule has 0 heterocycles. The minimum atomic E-state index is -0.183. The second-order valence-electron chi connectivity index (χ2n) is 6.00. The number of anilines is 1. The molecule has 0 aromatic heterocycles. The van der Waals surface area contributed by atoms with Gasteiger partial charge in [0, 0.05) is 31.5 Å². The number of hydrogen-bond acceptors (Lipinski definition) is 3. The van der Waals surface area contributed by atoms with Crippen molar-refractivity contribution in [1.29, 1.82) is 0 Å². The number of hydrogen-bond donors (Lipinski definition) is 1. The average molecular weight is 375 g/mol. The van der Waals surface area contributed by atoms with Crippen molar-refractivity contribution in [3.8, 4) is 5.75 Å². The van der Waals surface area contributed by atoms with Crippen LogP contribution in [0.4, 0.5) is 5.69 Å². The number of nitrogens with one attached hydrogen (secondary N) is 1. The van der Waals surface area contributed by atoms with Gasteiger partial charge in [0.05, 0.1) is 12.8 Å². The molecule has 6 heteroatoms. The van der Waals surface area contributed by atoms with Crippen LogP contribution in [0.3, 0.4) is 0 Å². The number of methoxy groups -OCH3 is 1. The highest BCUT2D eigenvalue weighted by molar-refractivity contribution is 6.31. The number of halogens is 1. The summed E-state index contributed by atoms with van der Waals surface area (Å²) in [5.41, 5.74) is 2.74. The third-order valence-corrected chi connectivity index (χ3v) is 4.18. The zero-order valence-electron chi connectivity index (χ0n) is 15.2. The molecule has 2 aromatic carbocycles. The molecule has 0 fully saturated rings. The van der Waals surface area contributed by atoms with E-state index in [4.69, 9.17) is 16.3 Å². The first kappa shape index (κ1) is 19.8. The summed E-state index contributed by atoms with van der Waals surface area (Å²) < 4.78 is 5.30. The van der Waals surface area contributed by atoms with Crippen molar-refractivity contribution in [3.05, 3.63) is 58.6 Å². The summed E-state index contributed by atoms with van der Waals surface area (Å²) in [6.45, 7) is 4.16. The van der Waals surface area contributed by atoms with Crippen molar-refractivity contribution in [2.45, 2.75) is 26.8 Å². The molecule has 2 rings (SSSR count). The van der Waals surface area contributed by atoms with Crippen LogP contribution in [0.25, 0.3) is 0 Å². The number of aryl methyl sites for hydroxylation is 1. The zero-order chi connectivity index (χ0) is 19.1. The van der Waals surface area contributed by atoms with Gasteiger partial charge in [-0.1, -0.05) is 41.4 Å². The molecule has 0 atom stereocenters. The first-order valence-corrected chi connectivity index (χ1v) is 8.72. The fourth-order valence-corrected chi connectivity index (χ4v) is 2.81. The van der Waals surface area contributed by atoms with Crippen LogP contribution >= 0.6 is 11.6 Å². The van der Waals surface area contributed by atoms with Crippen molar-refractivity contribution in [2.75, 3.05) is 18.6 Å². The number of rotatable bonds is 7. The van der Waals surface area contributed by atoms with Gasteiger partial charge in [-0.05, 0) is 30.7 Å². The van der Waals surface area contributed by atoms with Gasteiger partial charge in [-0.15, -0.1) is 0 Å². The van der Waals surface area contributed by atoms with E-state index in [0.717, 1.165) is 11.1 Å². The quantitative estimate of drug-likeness (QED) is 0.803. The van der Waals surface area contributed by atoms with Crippen LogP contribution < -0.4 is 15.0 Å². The highest BCUT2D eigenvalue weighted by Crippen LogP contribution is 2.31. The molecule has 0 aliphatic rings. The zero-order valence-corrected chi connectivity index (χ0v) is 16.0. The van der Waals surface area contributed by atoms with Crippen molar-refractivity contribution in [1.82, 2.24) is 5.32 Å². The second kappa shape index (κ2) is 9.25. The lowest BCUT2D eigenvalue weighted by Gasteiger charge is -2.23. The van der Waals surface area contributed by atoms with Crippen LogP contribution in [0.15, 0.2) is 42.5 Å². The third-order valence-electron chi connectivity index (χ3n) is 3.95. The van der Waals surface area contributed by atoms with E-state index >= 15 is 0 Å².